The number of aliphatic hydroxyl groups excluding tert-OH is 2. The quantitative estimate of drug-likeness (QED) is 0.749. The van der Waals surface area contributed by atoms with Crippen molar-refractivity contribution in [2.45, 2.75) is 46.1 Å². The van der Waals surface area contributed by atoms with Crippen LogP contribution < -0.4 is 0 Å². The Morgan fingerprint density at radius 2 is 2.11 bits per heavy atom. The summed E-state index contributed by atoms with van der Waals surface area (Å²) < 4.78 is 0. The van der Waals surface area contributed by atoms with Crippen molar-refractivity contribution < 1.29 is 15.0 Å². The Hall–Kier alpha value is -0.670. The van der Waals surface area contributed by atoms with E-state index in [9.17, 15) is 15.0 Å². The highest BCUT2D eigenvalue weighted by Gasteiger charge is 2.51. The van der Waals surface area contributed by atoms with E-state index < -0.39 is 6.10 Å². The monoisotopic (exact) mass is 252 g/mol. The van der Waals surface area contributed by atoms with Crippen LogP contribution in [0.25, 0.3) is 0 Å². The van der Waals surface area contributed by atoms with Crippen LogP contribution in [0.5, 0.6) is 0 Å². The Bertz CT molecular complexity index is 370. The Labute approximate surface area is 109 Å². The number of aliphatic hydroxyl groups is 2. The van der Waals surface area contributed by atoms with Gasteiger partial charge in [0.05, 0.1) is 0 Å². The molecule has 2 N–H and O–H groups in total. The molecule has 4 atom stereocenters. The van der Waals surface area contributed by atoms with Crippen LogP contribution in [0.4, 0.5) is 0 Å². The molecule has 3 heteroatoms. The highest BCUT2D eigenvalue weighted by Crippen LogP contribution is 2.56. The molecular formula is C15H24O3. The lowest BCUT2D eigenvalue weighted by molar-refractivity contribution is -0.136. The summed E-state index contributed by atoms with van der Waals surface area (Å²) in [6.45, 7) is 6.34. The van der Waals surface area contributed by atoms with Crippen LogP contribution in [0.3, 0.4) is 0 Å². The molecule has 0 saturated heterocycles. The van der Waals surface area contributed by atoms with Crippen LogP contribution in [-0.2, 0) is 4.79 Å². The zero-order chi connectivity index (χ0) is 13.5. The molecular weight excluding hydrogens is 228 g/mol. The molecule has 0 aliphatic heterocycles. The first-order valence-corrected chi connectivity index (χ1v) is 6.87. The van der Waals surface area contributed by atoms with Crippen molar-refractivity contribution in [1.82, 2.24) is 0 Å². The van der Waals surface area contributed by atoms with Gasteiger partial charge < -0.3 is 10.2 Å². The molecule has 102 valence electrons. The molecule has 3 nitrogen and oxygen atoms in total. The maximum absolute atomic E-state index is 11.9. The van der Waals surface area contributed by atoms with Crippen LogP contribution in [0.2, 0.25) is 0 Å². The number of ketones is 1. The Balaban J connectivity index is 2.27. The van der Waals surface area contributed by atoms with E-state index in [1.807, 2.05) is 6.92 Å². The van der Waals surface area contributed by atoms with Crippen molar-refractivity contribution in [2.24, 2.45) is 23.2 Å². The smallest absolute Gasteiger partial charge is 0.184 e. The molecule has 1 fully saturated rings. The summed E-state index contributed by atoms with van der Waals surface area (Å²) in [4.78, 5) is 11.9. The standard InChI is InChI=1S/C15H24O3/c1-9-4-5-12-10(7-15(12,2)3)11(8-16)14(18)13(17)6-9/h6,10-12,14,16,18H,4-5,7-8H2,1-3H3/b9-6-/t10-,11+,12-,14-/m1/s1. The number of carbonyl (C=O) groups is 1. The second kappa shape index (κ2) is 4.78. The maximum Gasteiger partial charge on any atom is 0.184 e. The average Bonchev–Trinajstić information content (AvgIpc) is 2.30. The van der Waals surface area contributed by atoms with Crippen LogP contribution in [-0.4, -0.2) is 28.7 Å². The summed E-state index contributed by atoms with van der Waals surface area (Å²) in [7, 11) is 0. The Morgan fingerprint density at radius 3 is 2.67 bits per heavy atom. The first kappa shape index (κ1) is 13.8. The normalized spacial score (nSPS) is 42.7. The second-order valence-electron chi connectivity index (χ2n) is 6.69. The van der Waals surface area contributed by atoms with Gasteiger partial charge in [-0.1, -0.05) is 19.4 Å². The van der Waals surface area contributed by atoms with Crippen LogP contribution >= 0.6 is 0 Å². The number of allylic oxidation sites excluding steroid dienone is 1. The fourth-order valence-electron chi connectivity index (χ4n) is 3.84. The van der Waals surface area contributed by atoms with Crippen molar-refractivity contribution in [1.29, 1.82) is 0 Å². The average molecular weight is 252 g/mol. The highest BCUT2D eigenvalue weighted by atomic mass is 16.3. The predicted molar refractivity (Wildman–Crippen MR) is 70.0 cm³/mol. The summed E-state index contributed by atoms with van der Waals surface area (Å²) in [6, 6.07) is 0. The fourth-order valence-corrected chi connectivity index (χ4v) is 3.84. The lowest BCUT2D eigenvalue weighted by Crippen LogP contribution is -2.51. The SMILES string of the molecule is C/C1=C/C(=O)[C@H](O)[C@@H](CO)[C@H]2CC(C)(C)[C@@H]2CC1. The third-order valence-electron chi connectivity index (χ3n) is 4.98. The molecule has 0 aromatic rings. The topological polar surface area (TPSA) is 57.5 Å². The molecule has 0 aromatic heterocycles. The third kappa shape index (κ3) is 2.26. The first-order valence-electron chi connectivity index (χ1n) is 6.87. The van der Waals surface area contributed by atoms with Gasteiger partial charge in [0.15, 0.2) is 5.78 Å². The molecule has 2 aliphatic carbocycles. The molecule has 2 rings (SSSR count). The van der Waals surface area contributed by atoms with Crippen LogP contribution in [0.1, 0.15) is 40.0 Å². The van der Waals surface area contributed by atoms with Gasteiger partial charge in [-0.2, -0.15) is 0 Å². The fraction of sp³-hybridized carbons (Fsp3) is 0.800. The van der Waals surface area contributed by atoms with Gasteiger partial charge in [0.2, 0.25) is 0 Å². The minimum atomic E-state index is -1.04. The summed E-state index contributed by atoms with van der Waals surface area (Å²) in [5, 5.41) is 19.6. The molecule has 0 bridgehead atoms. The third-order valence-corrected chi connectivity index (χ3v) is 4.98. The lowest BCUT2D eigenvalue weighted by atomic mass is 9.50. The van der Waals surface area contributed by atoms with Gasteiger partial charge in [0, 0.05) is 12.5 Å². The van der Waals surface area contributed by atoms with Gasteiger partial charge in [0.25, 0.3) is 0 Å². The molecule has 0 amide bonds. The van der Waals surface area contributed by atoms with Gasteiger partial charge in [0.1, 0.15) is 6.10 Å². The summed E-state index contributed by atoms with van der Waals surface area (Å²) in [6.07, 6.45) is 3.49. The zero-order valence-electron chi connectivity index (χ0n) is 11.5. The molecule has 1 saturated carbocycles. The largest absolute Gasteiger partial charge is 0.396 e. The summed E-state index contributed by atoms with van der Waals surface area (Å²) in [5.74, 6) is 0.247. The predicted octanol–water partition coefficient (Wildman–Crippen LogP) is 1.93. The van der Waals surface area contributed by atoms with Crippen molar-refractivity contribution in [2.75, 3.05) is 6.61 Å². The van der Waals surface area contributed by atoms with E-state index in [4.69, 9.17) is 0 Å². The van der Waals surface area contributed by atoms with Crippen LogP contribution in [0.15, 0.2) is 11.6 Å². The van der Waals surface area contributed by atoms with E-state index >= 15 is 0 Å². The Morgan fingerprint density at radius 1 is 1.44 bits per heavy atom. The summed E-state index contributed by atoms with van der Waals surface area (Å²) >= 11 is 0. The van der Waals surface area contributed by atoms with E-state index in [0.29, 0.717) is 5.92 Å². The molecule has 2 aliphatic rings. The lowest BCUT2D eigenvalue weighted by Gasteiger charge is -2.55. The molecule has 18 heavy (non-hydrogen) atoms. The number of fused-ring (bicyclic) bond motifs is 1. The van der Waals surface area contributed by atoms with Crippen molar-refractivity contribution in [3.05, 3.63) is 11.6 Å². The second-order valence-corrected chi connectivity index (χ2v) is 6.69. The number of hydrogen-bond acceptors (Lipinski definition) is 3. The maximum atomic E-state index is 11.9. The van der Waals surface area contributed by atoms with E-state index in [2.05, 4.69) is 13.8 Å². The van der Waals surface area contributed by atoms with E-state index in [-0.39, 0.29) is 29.6 Å². The van der Waals surface area contributed by atoms with Gasteiger partial charge in [-0.15, -0.1) is 0 Å². The van der Waals surface area contributed by atoms with E-state index in [1.165, 1.54) is 0 Å². The molecule has 0 spiro atoms. The molecule has 0 radical (unpaired) electrons. The van der Waals surface area contributed by atoms with Crippen molar-refractivity contribution in [3.63, 3.8) is 0 Å². The molecule has 0 unspecified atom stereocenters. The minimum Gasteiger partial charge on any atom is -0.396 e. The number of rotatable bonds is 1. The Kier molecular flexibility index (Phi) is 3.65. The zero-order valence-corrected chi connectivity index (χ0v) is 11.5. The van der Waals surface area contributed by atoms with Gasteiger partial charge in [-0.3, -0.25) is 4.79 Å². The minimum absolute atomic E-state index is 0.100. The van der Waals surface area contributed by atoms with Crippen LogP contribution in [0, 0.1) is 23.2 Å². The summed E-state index contributed by atoms with van der Waals surface area (Å²) in [5.41, 5.74) is 1.31. The van der Waals surface area contributed by atoms with Crippen molar-refractivity contribution in [3.8, 4) is 0 Å². The molecule has 0 heterocycles. The molecule has 0 aromatic carbocycles. The van der Waals surface area contributed by atoms with E-state index in [0.717, 1.165) is 24.8 Å². The van der Waals surface area contributed by atoms with E-state index in [1.54, 1.807) is 6.08 Å². The first-order chi connectivity index (χ1) is 8.36. The number of hydrogen-bond donors (Lipinski definition) is 2. The number of carbonyl (C=O) groups excluding carboxylic acids is 1. The van der Waals surface area contributed by atoms with Gasteiger partial charge >= 0.3 is 0 Å². The van der Waals surface area contributed by atoms with Crippen molar-refractivity contribution >= 4 is 5.78 Å². The van der Waals surface area contributed by atoms with Gasteiger partial charge in [-0.05, 0) is 49.5 Å². The van der Waals surface area contributed by atoms with Gasteiger partial charge in [-0.25, -0.2) is 0 Å². The highest BCUT2D eigenvalue weighted by molar-refractivity contribution is 5.94.